The quantitative estimate of drug-likeness (QED) is 0.897. The van der Waals surface area contributed by atoms with Gasteiger partial charge in [-0.2, -0.15) is 0 Å². The Bertz CT molecular complexity index is 783. The molecule has 132 valence electrons. The lowest BCUT2D eigenvalue weighted by molar-refractivity contribution is 0.240. The summed E-state index contributed by atoms with van der Waals surface area (Å²) >= 11 is 0. The molecule has 2 unspecified atom stereocenters. The normalized spacial score (nSPS) is 20.5. The Morgan fingerprint density at radius 2 is 2.08 bits per heavy atom. The molecule has 1 aromatic heterocycles. The van der Waals surface area contributed by atoms with E-state index < -0.39 is 11.6 Å². The highest BCUT2D eigenvalue weighted by Gasteiger charge is 2.34. The third kappa shape index (κ3) is 3.76. The van der Waals surface area contributed by atoms with Crippen molar-refractivity contribution in [3.63, 3.8) is 0 Å². The van der Waals surface area contributed by atoms with Gasteiger partial charge in [0.25, 0.3) is 0 Å². The van der Waals surface area contributed by atoms with Gasteiger partial charge in [0.2, 0.25) is 0 Å². The monoisotopic (exact) mass is 346 g/mol. The Morgan fingerprint density at radius 1 is 1.28 bits per heavy atom. The molecule has 1 aliphatic rings. The van der Waals surface area contributed by atoms with Crippen LogP contribution in [0, 0.1) is 18.6 Å². The van der Waals surface area contributed by atoms with Gasteiger partial charge in [0, 0.05) is 24.6 Å². The summed E-state index contributed by atoms with van der Waals surface area (Å²) in [4.78, 5) is 18.3. The second-order valence-electron chi connectivity index (χ2n) is 6.28. The van der Waals surface area contributed by atoms with E-state index in [4.69, 9.17) is 0 Å². The molecule has 0 saturated carbocycles. The number of benzene rings is 1. The first-order valence-electron chi connectivity index (χ1n) is 8.09. The van der Waals surface area contributed by atoms with Crippen molar-refractivity contribution in [1.82, 2.24) is 15.2 Å². The van der Waals surface area contributed by atoms with Gasteiger partial charge in [0.15, 0.2) is 11.6 Å². The van der Waals surface area contributed by atoms with Gasteiger partial charge < -0.3 is 10.6 Å². The fourth-order valence-electron chi connectivity index (χ4n) is 3.22. The van der Waals surface area contributed by atoms with E-state index in [9.17, 15) is 13.6 Å². The van der Waals surface area contributed by atoms with Crippen molar-refractivity contribution in [2.24, 2.45) is 0 Å². The summed E-state index contributed by atoms with van der Waals surface area (Å²) in [6.45, 7) is 2.61. The van der Waals surface area contributed by atoms with Crippen LogP contribution in [0.25, 0.3) is 0 Å². The zero-order valence-electron chi connectivity index (χ0n) is 14.1. The highest BCUT2D eigenvalue weighted by Crippen LogP contribution is 2.31. The maximum atomic E-state index is 13.6. The topological polar surface area (TPSA) is 57.3 Å². The van der Waals surface area contributed by atoms with E-state index in [1.165, 1.54) is 6.07 Å². The lowest BCUT2D eigenvalue weighted by atomic mass is 10.00. The Morgan fingerprint density at radius 3 is 2.80 bits per heavy atom. The Kier molecular flexibility index (Phi) is 4.94. The van der Waals surface area contributed by atoms with Gasteiger partial charge in [-0.15, -0.1) is 0 Å². The molecule has 2 atom stereocenters. The van der Waals surface area contributed by atoms with Crippen molar-refractivity contribution in [1.29, 1.82) is 0 Å². The third-order valence-corrected chi connectivity index (χ3v) is 4.52. The Hall–Kier alpha value is -2.54. The van der Waals surface area contributed by atoms with E-state index >= 15 is 0 Å². The number of aryl methyl sites for hydroxylation is 1. The van der Waals surface area contributed by atoms with Crippen LogP contribution in [-0.2, 0) is 0 Å². The molecular weight excluding hydrogens is 326 g/mol. The first-order valence-corrected chi connectivity index (χ1v) is 8.09. The number of likely N-dealkylation sites (N-methyl/N-ethyl adjacent to an activating group) is 1. The van der Waals surface area contributed by atoms with Gasteiger partial charge in [-0.3, -0.25) is 9.88 Å². The van der Waals surface area contributed by atoms with Crippen LogP contribution in [0.15, 0.2) is 36.7 Å². The highest BCUT2D eigenvalue weighted by atomic mass is 19.2. The summed E-state index contributed by atoms with van der Waals surface area (Å²) in [6, 6.07) is 4.86. The second-order valence-corrected chi connectivity index (χ2v) is 6.28. The zero-order valence-corrected chi connectivity index (χ0v) is 14.1. The van der Waals surface area contributed by atoms with Gasteiger partial charge >= 0.3 is 6.03 Å². The zero-order chi connectivity index (χ0) is 18.0. The van der Waals surface area contributed by atoms with Gasteiger partial charge in [-0.25, -0.2) is 13.6 Å². The lowest BCUT2D eigenvalue weighted by Crippen LogP contribution is -2.41. The molecule has 5 nitrogen and oxygen atoms in total. The van der Waals surface area contributed by atoms with Crippen molar-refractivity contribution in [3.05, 3.63) is 59.4 Å². The number of aromatic nitrogens is 1. The number of amides is 2. The molecule has 7 heteroatoms. The number of urea groups is 1. The average molecular weight is 346 g/mol. The minimum Gasteiger partial charge on any atom is -0.333 e. The Balaban J connectivity index is 1.73. The van der Waals surface area contributed by atoms with Crippen molar-refractivity contribution >= 4 is 11.7 Å². The number of hydrogen-bond acceptors (Lipinski definition) is 3. The fourth-order valence-corrected chi connectivity index (χ4v) is 3.22. The van der Waals surface area contributed by atoms with Gasteiger partial charge in [0.05, 0.1) is 12.1 Å². The molecule has 0 bridgehead atoms. The van der Waals surface area contributed by atoms with E-state index in [0.717, 1.165) is 24.6 Å². The minimum atomic E-state index is -0.881. The van der Waals surface area contributed by atoms with Crippen molar-refractivity contribution < 1.29 is 13.6 Å². The predicted octanol–water partition coefficient (Wildman–Crippen LogP) is 3.24. The van der Waals surface area contributed by atoms with E-state index in [1.807, 2.05) is 18.9 Å². The van der Waals surface area contributed by atoms with Gasteiger partial charge in [-0.1, -0.05) is 6.07 Å². The number of carbonyl (C=O) groups is 1. The van der Waals surface area contributed by atoms with Crippen LogP contribution < -0.4 is 10.6 Å². The number of halogens is 2. The lowest BCUT2D eigenvalue weighted by Gasteiger charge is -2.26. The smallest absolute Gasteiger partial charge is 0.319 e. The number of hydrogen-bond donors (Lipinski definition) is 2. The van der Waals surface area contributed by atoms with Crippen LogP contribution >= 0.6 is 0 Å². The number of rotatable bonds is 3. The SMILES string of the molecule is Cc1cnccc1NC(=O)NC1CCN(C)C1c1ccc(F)c(F)c1. The summed E-state index contributed by atoms with van der Waals surface area (Å²) in [5.41, 5.74) is 2.19. The summed E-state index contributed by atoms with van der Waals surface area (Å²) in [6.07, 6.45) is 4.00. The van der Waals surface area contributed by atoms with Crippen LogP contribution in [0.4, 0.5) is 19.3 Å². The largest absolute Gasteiger partial charge is 0.333 e. The second kappa shape index (κ2) is 7.14. The van der Waals surface area contributed by atoms with Crippen molar-refractivity contribution in [2.45, 2.75) is 25.4 Å². The summed E-state index contributed by atoms with van der Waals surface area (Å²) in [7, 11) is 1.90. The van der Waals surface area contributed by atoms with Crippen LogP contribution in [0.3, 0.4) is 0 Å². The summed E-state index contributed by atoms with van der Waals surface area (Å²) in [5.74, 6) is -1.76. The molecule has 2 heterocycles. The molecule has 0 spiro atoms. The van der Waals surface area contributed by atoms with Crippen LogP contribution in [0.5, 0.6) is 0 Å². The van der Waals surface area contributed by atoms with Crippen LogP contribution in [-0.4, -0.2) is 35.5 Å². The fraction of sp³-hybridized carbons (Fsp3) is 0.333. The van der Waals surface area contributed by atoms with Gasteiger partial charge in [-0.05, 0) is 49.7 Å². The molecule has 0 aliphatic carbocycles. The van der Waals surface area contributed by atoms with E-state index in [0.29, 0.717) is 11.3 Å². The molecule has 2 amide bonds. The molecular formula is C18H20F2N4O. The number of likely N-dealkylation sites (tertiary alicyclic amines) is 1. The maximum absolute atomic E-state index is 13.6. The maximum Gasteiger partial charge on any atom is 0.319 e. The van der Waals surface area contributed by atoms with E-state index in [-0.39, 0.29) is 18.1 Å². The molecule has 3 rings (SSSR count). The Labute approximate surface area is 145 Å². The van der Waals surface area contributed by atoms with Crippen LogP contribution in [0.1, 0.15) is 23.6 Å². The molecule has 1 saturated heterocycles. The van der Waals surface area contributed by atoms with Crippen LogP contribution in [0.2, 0.25) is 0 Å². The highest BCUT2D eigenvalue weighted by molar-refractivity contribution is 5.90. The molecule has 2 aromatic rings. The third-order valence-electron chi connectivity index (χ3n) is 4.52. The number of pyridine rings is 1. The van der Waals surface area contributed by atoms with E-state index in [1.54, 1.807) is 24.5 Å². The first kappa shape index (κ1) is 17.3. The summed E-state index contributed by atoms with van der Waals surface area (Å²) < 4.78 is 26.8. The molecule has 1 aromatic carbocycles. The molecule has 25 heavy (non-hydrogen) atoms. The van der Waals surface area contributed by atoms with Crippen molar-refractivity contribution in [3.8, 4) is 0 Å². The number of anilines is 1. The average Bonchev–Trinajstić information content (AvgIpc) is 2.93. The number of nitrogens with zero attached hydrogens (tertiary/aromatic N) is 2. The molecule has 2 N–H and O–H groups in total. The van der Waals surface area contributed by atoms with E-state index in [2.05, 4.69) is 15.6 Å². The number of carbonyl (C=O) groups excluding carboxylic acids is 1. The molecule has 0 radical (unpaired) electrons. The summed E-state index contributed by atoms with van der Waals surface area (Å²) in [5, 5.41) is 5.74. The molecule has 1 aliphatic heterocycles. The van der Waals surface area contributed by atoms with Gasteiger partial charge in [0.1, 0.15) is 0 Å². The predicted molar refractivity (Wildman–Crippen MR) is 91.3 cm³/mol. The number of nitrogens with one attached hydrogen (secondary N) is 2. The van der Waals surface area contributed by atoms with Crippen molar-refractivity contribution in [2.75, 3.05) is 18.9 Å². The molecule has 1 fully saturated rings. The minimum absolute atomic E-state index is 0.197. The standard InChI is InChI=1S/C18H20F2N4O/c1-11-10-21-7-5-15(11)22-18(25)23-16-6-8-24(2)17(16)12-3-4-13(19)14(20)9-12/h3-5,7,9-10,16-17H,6,8H2,1-2H3,(H2,21,22,23,25). The first-order chi connectivity index (χ1) is 12.0.